The van der Waals surface area contributed by atoms with E-state index in [1.54, 1.807) is 31.2 Å². The third-order valence-corrected chi connectivity index (χ3v) is 6.96. The van der Waals surface area contributed by atoms with Gasteiger partial charge in [0.25, 0.3) is 0 Å². The van der Waals surface area contributed by atoms with E-state index < -0.39 is 0 Å². The number of ether oxygens (including phenoxy) is 1. The van der Waals surface area contributed by atoms with Crippen LogP contribution in [0.4, 0.5) is 11.5 Å². The fourth-order valence-electron chi connectivity index (χ4n) is 4.43. The van der Waals surface area contributed by atoms with Gasteiger partial charge < -0.3 is 20.4 Å². The van der Waals surface area contributed by atoms with Gasteiger partial charge in [-0.05, 0) is 48.4 Å². The van der Waals surface area contributed by atoms with Crippen LogP contribution < -0.4 is 15.8 Å². The molecule has 0 atom stereocenters. The minimum absolute atomic E-state index is 0.109. The number of hydrogen-bond donors (Lipinski definition) is 2. The number of rotatable bonds is 6. The number of carbonyl (C=O) groups is 1. The fraction of sp³-hybridized carbons (Fsp3) is 0.0690. The van der Waals surface area contributed by atoms with Gasteiger partial charge in [0.05, 0.1) is 44.1 Å². The molecule has 0 aliphatic rings. The van der Waals surface area contributed by atoms with Gasteiger partial charge in [0.2, 0.25) is 5.91 Å². The second kappa shape index (κ2) is 10.7. The van der Waals surface area contributed by atoms with Crippen molar-refractivity contribution in [3.8, 4) is 40.2 Å². The second-order valence-electron chi connectivity index (χ2n) is 8.78. The molecule has 0 fully saturated rings. The summed E-state index contributed by atoms with van der Waals surface area (Å²) in [6, 6.07) is 14.9. The van der Waals surface area contributed by atoms with Crippen molar-refractivity contribution in [2.24, 2.45) is 7.05 Å². The minimum atomic E-state index is -0.313. The summed E-state index contributed by atoms with van der Waals surface area (Å²) >= 11 is 12.7. The smallest absolute Gasteiger partial charge is 0.322 e. The highest BCUT2D eigenvalue weighted by Gasteiger charge is 2.24. The highest BCUT2D eigenvalue weighted by Crippen LogP contribution is 2.45. The van der Waals surface area contributed by atoms with Crippen LogP contribution in [0.25, 0.3) is 33.3 Å². The predicted molar refractivity (Wildman–Crippen MR) is 156 cm³/mol. The third-order valence-electron chi connectivity index (χ3n) is 6.29. The van der Waals surface area contributed by atoms with Crippen LogP contribution in [0.15, 0.2) is 67.5 Å². The van der Waals surface area contributed by atoms with Gasteiger partial charge in [0.15, 0.2) is 0 Å². The van der Waals surface area contributed by atoms with Crippen LogP contribution in [-0.2, 0) is 11.8 Å². The lowest BCUT2D eigenvalue weighted by molar-refractivity contribution is -0.111. The minimum Gasteiger partial charge on any atom is -0.423 e. The maximum absolute atomic E-state index is 11.7. The van der Waals surface area contributed by atoms with Crippen LogP contribution in [-0.4, -0.2) is 25.4 Å². The summed E-state index contributed by atoms with van der Waals surface area (Å²) in [6.45, 7) is 5.23. The number of nitrogens with zero attached hydrogens (tertiary/aromatic N) is 5. The Balaban J connectivity index is 1.67. The van der Waals surface area contributed by atoms with Gasteiger partial charge in [0.1, 0.15) is 17.6 Å². The summed E-state index contributed by atoms with van der Waals surface area (Å²) in [4.78, 5) is 24.4. The first-order valence-electron chi connectivity index (χ1n) is 11.9. The Hall–Kier alpha value is -4.91. The third kappa shape index (κ3) is 4.82. The van der Waals surface area contributed by atoms with Crippen LogP contribution in [0.3, 0.4) is 0 Å². The van der Waals surface area contributed by atoms with Crippen LogP contribution in [0.1, 0.15) is 11.3 Å². The molecule has 198 valence electrons. The lowest BCUT2D eigenvalue weighted by atomic mass is 9.97. The molecule has 11 heteroatoms. The molecule has 5 aromatic rings. The van der Waals surface area contributed by atoms with Crippen LogP contribution >= 0.6 is 23.2 Å². The Morgan fingerprint density at radius 3 is 2.50 bits per heavy atom. The van der Waals surface area contributed by atoms with Crippen LogP contribution in [0.5, 0.6) is 11.8 Å². The number of anilines is 2. The number of amides is 1. The van der Waals surface area contributed by atoms with Gasteiger partial charge in [0, 0.05) is 24.5 Å². The number of carbonyl (C=O) groups excluding carboxylic acids is 1. The van der Waals surface area contributed by atoms with E-state index in [2.05, 4.69) is 32.9 Å². The monoisotopic (exact) mass is 569 g/mol. The summed E-state index contributed by atoms with van der Waals surface area (Å²) in [5.74, 6) is 0.300. The van der Waals surface area contributed by atoms with E-state index in [0.717, 1.165) is 22.4 Å². The lowest BCUT2D eigenvalue weighted by Gasteiger charge is -2.12. The fourth-order valence-corrected chi connectivity index (χ4v) is 4.74. The number of fused-ring (bicyclic) bond motifs is 1. The summed E-state index contributed by atoms with van der Waals surface area (Å²) in [7, 11) is 1.86. The van der Waals surface area contributed by atoms with E-state index in [9.17, 15) is 10.1 Å². The second-order valence-corrected chi connectivity index (χ2v) is 9.59. The Labute approximate surface area is 239 Å². The molecule has 0 unspecified atom stereocenters. The molecule has 0 aliphatic heterocycles. The van der Waals surface area contributed by atoms with E-state index in [0.29, 0.717) is 43.6 Å². The zero-order chi connectivity index (χ0) is 28.6. The molecule has 0 spiro atoms. The standard InChI is InChI=1S/C29H21Cl2N7O2/c1-4-23(39)37-19-8-5-16(6-9-19)26-24(25-27(38(26)3)18(12-32)13-34-28(25)33)17-7-10-22(20(30)11-17)40-29-35-14-21(31)15(2)36-29/h4-11,13-14H,1H2,2-3H3,(H2,33,34)(H,37,39). The number of aromatic nitrogens is 4. The largest absolute Gasteiger partial charge is 0.423 e. The van der Waals surface area contributed by atoms with E-state index in [4.69, 9.17) is 33.7 Å². The van der Waals surface area contributed by atoms with Crippen molar-refractivity contribution in [1.29, 1.82) is 5.26 Å². The Morgan fingerprint density at radius 1 is 1.12 bits per heavy atom. The van der Waals surface area contributed by atoms with Crippen LogP contribution in [0, 0.1) is 18.3 Å². The number of nitrogen functional groups attached to an aromatic ring is 1. The van der Waals surface area contributed by atoms with E-state index in [-0.39, 0.29) is 17.7 Å². The first-order valence-corrected chi connectivity index (χ1v) is 12.6. The summed E-state index contributed by atoms with van der Waals surface area (Å²) in [5.41, 5.74) is 11.6. The zero-order valence-electron chi connectivity index (χ0n) is 21.4. The maximum Gasteiger partial charge on any atom is 0.322 e. The van der Waals surface area contributed by atoms with Crippen molar-refractivity contribution in [3.05, 3.63) is 88.8 Å². The quantitative estimate of drug-likeness (QED) is 0.218. The van der Waals surface area contributed by atoms with E-state index in [1.807, 2.05) is 29.8 Å². The summed E-state index contributed by atoms with van der Waals surface area (Å²) in [6.07, 6.45) is 4.12. The topological polar surface area (TPSA) is 132 Å². The average molecular weight is 570 g/mol. The zero-order valence-corrected chi connectivity index (χ0v) is 22.9. The SMILES string of the molecule is C=CC(=O)Nc1ccc(-c2c(-c3ccc(Oc4ncc(Cl)c(C)n4)c(Cl)c3)c3c(N)ncc(C#N)c3n2C)cc1. The molecule has 5 rings (SSSR count). The Bertz CT molecular complexity index is 1860. The van der Waals surface area contributed by atoms with Gasteiger partial charge in [-0.1, -0.05) is 48.0 Å². The van der Waals surface area contributed by atoms with E-state index >= 15 is 0 Å². The van der Waals surface area contributed by atoms with Gasteiger partial charge in [-0.25, -0.2) is 9.97 Å². The molecule has 0 saturated heterocycles. The average Bonchev–Trinajstić information content (AvgIpc) is 3.26. The molecular weight excluding hydrogens is 549 g/mol. The van der Waals surface area contributed by atoms with Gasteiger partial charge in [-0.15, -0.1) is 0 Å². The highest BCUT2D eigenvalue weighted by molar-refractivity contribution is 6.32. The molecule has 40 heavy (non-hydrogen) atoms. The van der Waals surface area contributed by atoms with Crippen molar-refractivity contribution in [3.63, 3.8) is 0 Å². The summed E-state index contributed by atoms with van der Waals surface area (Å²) < 4.78 is 7.72. The summed E-state index contributed by atoms with van der Waals surface area (Å²) in [5, 5.41) is 13.9. The van der Waals surface area contributed by atoms with Gasteiger partial charge in [-0.3, -0.25) is 4.79 Å². The Kier molecular flexibility index (Phi) is 7.13. The van der Waals surface area contributed by atoms with Gasteiger partial charge in [-0.2, -0.15) is 10.2 Å². The predicted octanol–water partition coefficient (Wildman–Crippen LogP) is 6.68. The van der Waals surface area contributed by atoms with Crippen molar-refractivity contribution in [2.45, 2.75) is 6.92 Å². The Morgan fingerprint density at radius 2 is 1.85 bits per heavy atom. The van der Waals surface area contributed by atoms with Crippen molar-refractivity contribution in [2.75, 3.05) is 11.1 Å². The van der Waals surface area contributed by atoms with E-state index in [1.165, 1.54) is 18.5 Å². The van der Waals surface area contributed by atoms with Crippen molar-refractivity contribution in [1.82, 2.24) is 19.5 Å². The number of hydrogen-bond acceptors (Lipinski definition) is 7. The van der Waals surface area contributed by atoms with Crippen molar-refractivity contribution >= 4 is 51.5 Å². The molecule has 1 amide bonds. The van der Waals surface area contributed by atoms with Crippen molar-refractivity contribution < 1.29 is 9.53 Å². The molecule has 2 aromatic carbocycles. The molecule has 3 aromatic heterocycles. The molecule has 3 heterocycles. The highest BCUT2D eigenvalue weighted by atomic mass is 35.5. The number of nitriles is 1. The molecule has 0 saturated carbocycles. The molecule has 0 aliphatic carbocycles. The molecule has 0 radical (unpaired) electrons. The van der Waals surface area contributed by atoms with Crippen LogP contribution in [0.2, 0.25) is 10.0 Å². The normalized spacial score (nSPS) is 10.8. The number of pyridine rings is 1. The number of benzene rings is 2. The van der Waals surface area contributed by atoms with Gasteiger partial charge >= 0.3 is 6.01 Å². The number of nitrogens with two attached hydrogens (primary N) is 1. The molecule has 9 nitrogen and oxygen atoms in total. The molecule has 3 N–H and O–H groups in total. The number of nitrogens with one attached hydrogen (secondary N) is 1. The number of aryl methyl sites for hydroxylation is 2. The lowest BCUT2D eigenvalue weighted by Crippen LogP contribution is -2.06. The maximum atomic E-state index is 11.7. The first kappa shape index (κ1) is 26.7. The number of halogens is 2. The molecule has 0 bridgehead atoms. The molecular formula is C29H21Cl2N7O2. The first-order chi connectivity index (χ1) is 19.2.